The van der Waals surface area contributed by atoms with Crippen LogP contribution >= 0.6 is 0 Å². The van der Waals surface area contributed by atoms with E-state index < -0.39 is 11.9 Å². The normalized spacial score (nSPS) is 11.0. The van der Waals surface area contributed by atoms with Gasteiger partial charge in [0.1, 0.15) is 23.0 Å². The molecule has 0 fully saturated rings. The smallest absolute Gasteiger partial charge is 0.365 e. The van der Waals surface area contributed by atoms with Crippen molar-refractivity contribution in [2.75, 3.05) is 13.2 Å². The van der Waals surface area contributed by atoms with E-state index in [0.717, 1.165) is 37.2 Å². The number of carbonyl (C=O) groups is 2. The monoisotopic (exact) mass is 764 g/mol. The third-order valence-electron chi connectivity index (χ3n) is 9.37. The molecule has 2 aromatic heterocycles. The third-order valence-corrected chi connectivity index (χ3v) is 9.37. The van der Waals surface area contributed by atoms with Gasteiger partial charge in [0, 0.05) is 0 Å². The molecule has 0 aliphatic heterocycles. The van der Waals surface area contributed by atoms with Crippen LogP contribution in [-0.4, -0.2) is 55.1 Å². The molecule has 0 spiro atoms. The van der Waals surface area contributed by atoms with Crippen molar-refractivity contribution in [3.05, 3.63) is 96.6 Å². The quantitative estimate of drug-likeness (QED) is 0.0304. The molecule has 0 aliphatic rings. The molecule has 12 nitrogen and oxygen atoms in total. The number of hydrogen-bond donors (Lipinski definition) is 0. The largest absolute Gasteiger partial charge is 0.494 e. The van der Waals surface area contributed by atoms with Crippen LogP contribution < -0.4 is 18.9 Å². The maximum absolute atomic E-state index is 12.9. The second kappa shape index (κ2) is 23.4. The highest BCUT2D eigenvalue weighted by molar-refractivity contribution is 5.89. The Morgan fingerprint density at radius 1 is 0.482 bits per heavy atom. The summed E-state index contributed by atoms with van der Waals surface area (Å²) in [4.78, 5) is 25.7. The van der Waals surface area contributed by atoms with Crippen LogP contribution in [-0.2, 0) is 0 Å². The number of rotatable bonds is 26. The molecule has 0 atom stereocenters. The molecular formula is C44H56N6O6. The van der Waals surface area contributed by atoms with E-state index in [4.69, 9.17) is 18.9 Å². The first kappa shape index (κ1) is 41.6. The molecule has 5 rings (SSSR count). The number of aromatic nitrogens is 6. The number of unbranched alkanes of at least 4 members (excludes halogenated alkanes) is 14. The van der Waals surface area contributed by atoms with Gasteiger partial charge < -0.3 is 18.9 Å². The zero-order chi connectivity index (χ0) is 39.2. The van der Waals surface area contributed by atoms with Crippen molar-refractivity contribution in [1.82, 2.24) is 30.0 Å². The standard InChI is InChI=1S/C44H56N6O6/c1-3-5-7-9-11-13-15-17-30-53-37-22-26-39(27-23-37)55-43(51)41-33-49(47-45-41)35-20-19-21-36(32-35)50-34-42(46-48-50)44(52)56-40-28-24-38(25-29-40)54-31-18-16-14-12-10-8-6-4-2/h19-29,32-34H,3-18,30-31H2,1-2H3. The van der Waals surface area contributed by atoms with Crippen molar-refractivity contribution in [2.45, 2.75) is 117 Å². The van der Waals surface area contributed by atoms with Gasteiger partial charge in [-0.05, 0) is 79.6 Å². The van der Waals surface area contributed by atoms with Crippen LogP contribution in [0.1, 0.15) is 138 Å². The zero-order valence-electron chi connectivity index (χ0n) is 32.9. The fourth-order valence-corrected chi connectivity index (χ4v) is 6.12. The highest BCUT2D eigenvalue weighted by atomic mass is 16.5. The molecule has 0 bridgehead atoms. The lowest BCUT2D eigenvalue weighted by atomic mass is 10.1. The molecule has 0 aliphatic carbocycles. The summed E-state index contributed by atoms with van der Waals surface area (Å²) >= 11 is 0. The molecule has 3 aromatic carbocycles. The van der Waals surface area contributed by atoms with Crippen LogP contribution in [0.2, 0.25) is 0 Å². The average Bonchev–Trinajstić information content (AvgIpc) is 3.93. The first-order valence-electron chi connectivity index (χ1n) is 20.4. The van der Waals surface area contributed by atoms with Gasteiger partial charge in [0.2, 0.25) is 0 Å². The van der Waals surface area contributed by atoms with E-state index in [9.17, 15) is 9.59 Å². The Hall–Kier alpha value is -5.52. The average molecular weight is 765 g/mol. The lowest BCUT2D eigenvalue weighted by Crippen LogP contribution is -2.09. The van der Waals surface area contributed by atoms with E-state index in [2.05, 4.69) is 34.5 Å². The number of nitrogens with zero attached hydrogens (tertiary/aromatic N) is 6. The highest BCUT2D eigenvalue weighted by Crippen LogP contribution is 2.22. The SMILES string of the molecule is CCCCCCCCCCOc1ccc(OC(=O)c2cn(-c3cccc(-n4cc(C(=O)Oc5ccc(OCCCCCCCCCC)cc5)nn4)c3)nn2)cc1. The van der Waals surface area contributed by atoms with E-state index in [0.29, 0.717) is 36.1 Å². The number of hydrogen-bond acceptors (Lipinski definition) is 10. The Balaban J connectivity index is 1.04. The maximum Gasteiger partial charge on any atom is 0.365 e. The lowest BCUT2D eigenvalue weighted by Gasteiger charge is -2.07. The minimum Gasteiger partial charge on any atom is -0.494 e. The predicted molar refractivity (Wildman–Crippen MR) is 215 cm³/mol. The molecule has 2 heterocycles. The van der Waals surface area contributed by atoms with E-state index in [1.807, 2.05) is 0 Å². The van der Waals surface area contributed by atoms with Crippen molar-refractivity contribution >= 4 is 11.9 Å². The van der Waals surface area contributed by atoms with Gasteiger partial charge in [0.25, 0.3) is 0 Å². The van der Waals surface area contributed by atoms with Crippen molar-refractivity contribution in [2.24, 2.45) is 0 Å². The Labute approximate surface area is 330 Å². The first-order chi connectivity index (χ1) is 27.5. The van der Waals surface area contributed by atoms with Crippen LogP contribution in [0, 0.1) is 0 Å². The molecular weight excluding hydrogens is 709 g/mol. The topological polar surface area (TPSA) is 132 Å². The molecule has 5 aromatic rings. The Morgan fingerprint density at radius 3 is 1.23 bits per heavy atom. The Bertz CT molecular complexity index is 1760. The third kappa shape index (κ3) is 14.0. The molecule has 12 heteroatoms. The number of esters is 2. The van der Waals surface area contributed by atoms with E-state index >= 15 is 0 Å². The summed E-state index contributed by atoms with van der Waals surface area (Å²) in [6, 6.07) is 21.1. The van der Waals surface area contributed by atoms with Gasteiger partial charge in [-0.15, -0.1) is 10.2 Å². The van der Waals surface area contributed by atoms with Crippen molar-refractivity contribution < 1.29 is 28.5 Å². The highest BCUT2D eigenvalue weighted by Gasteiger charge is 2.17. The molecule has 0 amide bonds. The molecule has 56 heavy (non-hydrogen) atoms. The molecule has 0 saturated carbocycles. The maximum atomic E-state index is 12.9. The zero-order valence-corrected chi connectivity index (χ0v) is 32.9. The molecule has 0 saturated heterocycles. The van der Waals surface area contributed by atoms with Crippen molar-refractivity contribution in [3.8, 4) is 34.4 Å². The van der Waals surface area contributed by atoms with Crippen LogP contribution in [0.25, 0.3) is 11.4 Å². The molecule has 298 valence electrons. The summed E-state index contributed by atoms with van der Waals surface area (Å²) in [6.45, 7) is 5.79. The van der Waals surface area contributed by atoms with Crippen molar-refractivity contribution in [1.29, 1.82) is 0 Å². The fourth-order valence-electron chi connectivity index (χ4n) is 6.12. The van der Waals surface area contributed by atoms with Crippen LogP contribution in [0.3, 0.4) is 0 Å². The second-order valence-corrected chi connectivity index (χ2v) is 14.0. The number of ether oxygens (including phenoxy) is 4. The van der Waals surface area contributed by atoms with E-state index in [1.165, 1.54) is 98.8 Å². The summed E-state index contributed by atoms with van der Waals surface area (Å²) in [6.07, 6.45) is 22.9. The summed E-state index contributed by atoms with van der Waals surface area (Å²) in [7, 11) is 0. The molecule has 0 N–H and O–H groups in total. The van der Waals surface area contributed by atoms with E-state index in [-0.39, 0.29) is 11.4 Å². The summed E-state index contributed by atoms with van der Waals surface area (Å²) in [5.41, 5.74) is 1.30. The van der Waals surface area contributed by atoms with Crippen LogP contribution in [0.5, 0.6) is 23.0 Å². The second-order valence-electron chi connectivity index (χ2n) is 14.0. The lowest BCUT2D eigenvalue weighted by molar-refractivity contribution is 0.0719. The summed E-state index contributed by atoms with van der Waals surface area (Å²) in [5.74, 6) is 0.939. The fraction of sp³-hybridized carbons (Fsp3) is 0.455. The Kier molecular flexibility index (Phi) is 17.4. The predicted octanol–water partition coefficient (Wildman–Crippen LogP) is 10.3. The number of carbonyl (C=O) groups excluding carboxylic acids is 2. The summed E-state index contributed by atoms with van der Waals surface area (Å²) in [5, 5.41) is 16.3. The molecule has 0 radical (unpaired) electrons. The minimum atomic E-state index is -0.639. The molecule has 0 unspecified atom stereocenters. The van der Waals surface area contributed by atoms with Gasteiger partial charge in [0.05, 0.1) is 37.0 Å². The Morgan fingerprint density at radius 2 is 0.839 bits per heavy atom. The minimum absolute atomic E-state index is 0.0410. The van der Waals surface area contributed by atoms with Gasteiger partial charge in [0.15, 0.2) is 11.4 Å². The number of benzene rings is 3. The van der Waals surface area contributed by atoms with Gasteiger partial charge in [-0.25, -0.2) is 19.0 Å². The van der Waals surface area contributed by atoms with Crippen LogP contribution in [0.4, 0.5) is 0 Å². The first-order valence-corrected chi connectivity index (χ1v) is 20.4. The van der Waals surface area contributed by atoms with Crippen LogP contribution in [0.15, 0.2) is 85.2 Å². The van der Waals surface area contributed by atoms with E-state index in [1.54, 1.807) is 72.8 Å². The summed E-state index contributed by atoms with van der Waals surface area (Å²) < 4.78 is 25.7. The van der Waals surface area contributed by atoms with Gasteiger partial charge in [-0.2, -0.15) is 0 Å². The van der Waals surface area contributed by atoms with Gasteiger partial charge >= 0.3 is 11.9 Å². The van der Waals surface area contributed by atoms with Gasteiger partial charge in [-0.3, -0.25) is 0 Å². The van der Waals surface area contributed by atoms with Crippen molar-refractivity contribution in [3.63, 3.8) is 0 Å². The van der Waals surface area contributed by atoms with Gasteiger partial charge in [-0.1, -0.05) is 120 Å².